The summed E-state index contributed by atoms with van der Waals surface area (Å²) in [6.45, 7) is 1.59. The van der Waals surface area contributed by atoms with Crippen molar-refractivity contribution in [2.75, 3.05) is 20.3 Å². The van der Waals surface area contributed by atoms with Gasteiger partial charge in [-0.25, -0.2) is 4.98 Å². The van der Waals surface area contributed by atoms with Gasteiger partial charge in [0.15, 0.2) is 0 Å². The van der Waals surface area contributed by atoms with Gasteiger partial charge in [-0.3, -0.25) is 4.79 Å². The smallest absolute Gasteiger partial charge is 0.273 e. The number of benzene rings is 1. The minimum Gasteiger partial charge on any atom is -0.383 e. The van der Waals surface area contributed by atoms with Crippen LogP contribution in [0.2, 0.25) is 0 Å². The molecule has 3 rings (SSSR count). The van der Waals surface area contributed by atoms with E-state index in [-0.39, 0.29) is 5.91 Å². The van der Waals surface area contributed by atoms with E-state index in [0.717, 1.165) is 15.4 Å². The highest BCUT2D eigenvalue weighted by atomic mass is 32.1. The Kier molecular flexibility index (Phi) is 5.74. The van der Waals surface area contributed by atoms with Gasteiger partial charge < -0.3 is 9.64 Å². The number of thiophene rings is 1. The van der Waals surface area contributed by atoms with Crippen LogP contribution in [-0.2, 0) is 11.3 Å². The molecule has 3 aromatic rings. The lowest BCUT2D eigenvalue weighted by atomic mass is 10.2. The summed E-state index contributed by atoms with van der Waals surface area (Å²) in [7, 11) is 1.64. The molecule has 0 atom stereocenters. The highest BCUT2D eigenvalue weighted by molar-refractivity contribution is 7.20. The van der Waals surface area contributed by atoms with Gasteiger partial charge in [-0.15, -0.1) is 22.7 Å². The molecule has 1 aromatic carbocycles. The number of rotatable bonds is 7. The van der Waals surface area contributed by atoms with Crippen LogP contribution in [0.1, 0.15) is 16.1 Å². The van der Waals surface area contributed by atoms with Crippen molar-refractivity contribution in [1.29, 1.82) is 0 Å². The lowest BCUT2D eigenvalue weighted by molar-refractivity contribution is 0.0675. The van der Waals surface area contributed by atoms with E-state index in [0.29, 0.717) is 25.4 Å². The van der Waals surface area contributed by atoms with Gasteiger partial charge in [0.2, 0.25) is 0 Å². The molecular formula is C18H18N2O2S2. The van der Waals surface area contributed by atoms with E-state index < -0.39 is 0 Å². The number of methoxy groups -OCH3 is 1. The second-order valence-electron chi connectivity index (χ2n) is 5.22. The first kappa shape index (κ1) is 16.8. The van der Waals surface area contributed by atoms with E-state index in [1.54, 1.807) is 23.3 Å². The van der Waals surface area contributed by atoms with E-state index >= 15 is 0 Å². The number of aromatic nitrogens is 1. The average molecular weight is 358 g/mol. The summed E-state index contributed by atoms with van der Waals surface area (Å²) in [6.07, 6.45) is 0. The third kappa shape index (κ3) is 4.08. The van der Waals surface area contributed by atoms with Crippen molar-refractivity contribution >= 4 is 28.6 Å². The molecule has 1 amide bonds. The Morgan fingerprint density at radius 2 is 2.00 bits per heavy atom. The van der Waals surface area contributed by atoms with Gasteiger partial charge in [0.05, 0.1) is 11.5 Å². The maximum Gasteiger partial charge on any atom is 0.273 e. The summed E-state index contributed by atoms with van der Waals surface area (Å²) in [5.74, 6) is -0.0602. The zero-order valence-electron chi connectivity index (χ0n) is 13.3. The predicted molar refractivity (Wildman–Crippen MR) is 98.5 cm³/mol. The fraction of sp³-hybridized carbons (Fsp3) is 0.222. The van der Waals surface area contributed by atoms with Crippen LogP contribution in [0.5, 0.6) is 0 Å². The Morgan fingerprint density at radius 1 is 1.17 bits per heavy atom. The summed E-state index contributed by atoms with van der Waals surface area (Å²) in [6, 6.07) is 14.0. The third-order valence-electron chi connectivity index (χ3n) is 3.52. The molecule has 0 N–H and O–H groups in total. The fourth-order valence-corrected chi connectivity index (χ4v) is 3.91. The Balaban J connectivity index is 1.77. The molecular weight excluding hydrogens is 340 g/mol. The van der Waals surface area contributed by atoms with Gasteiger partial charge in [0.25, 0.3) is 5.91 Å². The number of thiazole rings is 1. The van der Waals surface area contributed by atoms with Crippen LogP contribution in [0, 0.1) is 0 Å². The monoisotopic (exact) mass is 358 g/mol. The van der Waals surface area contributed by atoms with Crippen molar-refractivity contribution < 1.29 is 9.53 Å². The van der Waals surface area contributed by atoms with E-state index in [4.69, 9.17) is 4.74 Å². The van der Waals surface area contributed by atoms with Crippen molar-refractivity contribution in [2.45, 2.75) is 6.54 Å². The number of nitrogens with zero attached hydrogens (tertiary/aromatic N) is 2. The maximum absolute atomic E-state index is 12.9. The first-order valence-electron chi connectivity index (χ1n) is 7.59. The SMILES string of the molecule is COCCN(Cc1ccccc1)C(=O)c1csc(-c2cccs2)n1. The molecule has 0 aliphatic heterocycles. The van der Waals surface area contributed by atoms with E-state index in [1.807, 2.05) is 53.2 Å². The molecule has 4 nitrogen and oxygen atoms in total. The minimum atomic E-state index is -0.0602. The molecule has 0 saturated carbocycles. The van der Waals surface area contributed by atoms with Crippen LogP contribution in [0.15, 0.2) is 53.2 Å². The molecule has 0 spiro atoms. The molecule has 2 aromatic heterocycles. The van der Waals surface area contributed by atoms with Crippen LogP contribution < -0.4 is 0 Å². The van der Waals surface area contributed by atoms with Crippen molar-refractivity contribution in [1.82, 2.24) is 9.88 Å². The Morgan fingerprint density at radius 3 is 2.71 bits per heavy atom. The van der Waals surface area contributed by atoms with Gasteiger partial charge in [0, 0.05) is 25.6 Å². The van der Waals surface area contributed by atoms with Crippen molar-refractivity contribution in [3.05, 3.63) is 64.5 Å². The van der Waals surface area contributed by atoms with Crippen LogP contribution in [0.25, 0.3) is 9.88 Å². The Hall–Kier alpha value is -2.02. The van der Waals surface area contributed by atoms with Crippen molar-refractivity contribution in [3.63, 3.8) is 0 Å². The summed E-state index contributed by atoms with van der Waals surface area (Å²) in [5.41, 5.74) is 1.59. The van der Waals surface area contributed by atoms with Gasteiger partial charge in [-0.2, -0.15) is 0 Å². The number of ether oxygens (including phenoxy) is 1. The number of amides is 1. The summed E-state index contributed by atoms with van der Waals surface area (Å²) >= 11 is 3.13. The van der Waals surface area contributed by atoms with Gasteiger partial charge in [0.1, 0.15) is 10.7 Å². The van der Waals surface area contributed by atoms with Crippen LogP contribution in [0.3, 0.4) is 0 Å². The maximum atomic E-state index is 12.9. The third-order valence-corrected chi connectivity index (χ3v) is 5.41. The van der Waals surface area contributed by atoms with E-state index in [9.17, 15) is 4.79 Å². The van der Waals surface area contributed by atoms with Crippen LogP contribution in [0.4, 0.5) is 0 Å². The Labute approximate surface area is 149 Å². The van der Waals surface area contributed by atoms with E-state index in [1.165, 1.54) is 11.3 Å². The number of carbonyl (C=O) groups is 1. The molecule has 0 saturated heterocycles. The highest BCUT2D eigenvalue weighted by Crippen LogP contribution is 2.28. The molecule has 2 heterocycles. The molecule has 6 heteroatoms. The standard InChI is InChI=1S/C18H18N2O2S2/c1-22-10-9-20(12-14-6-3-2-4-7-14)18(21)15-13-24-17(19-15)16-8-5-11-23-16/h2-8,11,13H,9-10,12H2,1H3. The molecule has 0 bridgehead atoms. The highest BCUT2D eigenvalue weighted by Gasteiger charge is 2.19. The van der Waals surface area contributed by atoms with Crippen molar-refractivity contribution in [2.24, 2.45) is 0 Å². The normalized spacial score (nSPS) is 10.7. The topological polar surface area (TPSA) is 42.4 Å². The second kappa shape index (κ2) is 8.19. The minimum absolute atomic E-state index is 0.0602. The second-order valence-corrected chi connectivity index (χ2v) is 7.03. The molecule has 0 aliphatic rings. The lowest BCUT2D eigenvalue weighted by Crippen LogP contribution is -2.33. The van der Waals surface area contributed by atoms with Gasteiger partial charge >= 0.3 is 0 Å². The van der Waals surface area contributed by atoms with Crippen LogP contribution in [-0.4, -0.2) is 36.1 Å². The number of hydrogen-bond donors (Lipinski definition) is 0. The Bertz CT molecular complexity index is 769. The predicted octanol–water partition coefficient (Wildman–Crippen LogP) is 4.16. The van der Waals surface area contributed by atoms with Gasteiger partial charge in [-0.05, 0) is 17.0 Å². The summed E-state index contributed by atoms with van der Waals surface area (Å²) in [4.78, 5) is 20.2. The molecule has 0 aliphatic carbocycles. The molecule has 0 unspecified atom stereocenters. The molecule has 0 fully saturated rings. The molecule has 124 valence electrons. The lowest BCUT2D eigenvalue weighted by Gasteiger charge is -2.21. The average Bonchev–Trinajstić information content (AvgIpc) is 3.29. The fourth-order valence-electron chi connectivity index (χ4n) is 2.31. The molecule has 0 radical (unpaired) electrons. The van der Waals surface area contributed by atoms with Crippen molar-refractivity contribution in [3.8, 4) is 9.88 Å². The number of hydrogen-bond acceptors (Lipinski definition) is 5. The summed E-state index contributed by atoms with van der Waals surface area (Å²) < 4.78 is 5.15. The van der Waals surface area contributed by atoms with Crippen LogP contribution >= 0.6 is 22.7 Å². The zero-order chi connectivity index (χ0) is 16.8. The quantitative estimate of drug-likeness (QED) is 0.637. The number of carbonyl (C=O) groups excluding carboxylic acids is 1. The zero-order valence-corrected chi connectivity index (χ0v) is 15.0. The largest absolute Gasteiger partial charge is 0.383 e. The summed E-state index contributed by atoms with van der Waals surface area (Å²) in [5, 5.41) is 4.74. The van der Waals surface area contributed by atoms with Gasteiger partial charge in [-0.1, -0.05) is 36.4 Å². The first-order valence-corrected chi connectivity index (χ1v) is 9.35. The first-order chi connectivity index (χ1) is 11.8. The molecule has 24 heavy (non-hydrogen) atoms. The van der Waals surface area contributed by atoms with E-state index in [2.05, 4.69) is 4.98 Å².